The van der Waals surface area contributed by atoms with E-state index < -0.39 is 5.60 Å². The molecule has 0 spiro atoms. The van der Waals surface area contributed by atoms with E-state index in [9.17, 15) is 9.90 Å². The van der Waals surface area contributed by atoms with Crippen molar-refractivity contribution in [3.05, 3.63) is 35.4 Å². The summed E-state index contributed by atoms with van der Waals surface area (Å²) < 4.78 is 5.09. The number of nitrogens with one attached hydrogen (secondary N) is 1. The third-order valence-corrected chi connectivity index (χ3v) is 2.91. The Morgan fingerprint density at radius 2 is 2.44 bits per heavy atom. The van der Waals surface area contributed by atoms with Crippen molar-refractivity contribution in [3.8, 4) is 6.07 Å². The van der Waals surface area contributed by atoms with Gasteiger partial charge >= 0.3 is 0 Å². The summed E-state index contributed by atoms with van der Waals surface area (Å²) in [6.45, 7) is 0.907. The Hall–Kier alpha value is -1.90. The number of ether oxygens (including phenoxy) is 1. The third-order valence-electron chi connectivity index (χ3n) is 2.91. The number of rotatable bonds is 3. The van der Waals surface area contributed by atoms with E-state index in [1.165, 1.54) is 6.07 Å². The molecule has 1 aromatic rings. The molecule has 1 unspecified atom stereocenters. The molecule has 1 aromatic carbocycles. The number of nitrogens with zero attached hydrogens (tertiary/aromatic N) is 1. The van der Waals surface area contributed by atoms with Gasteiger partial charge in [-0.25, -0.2) is 0 Å². The molecule has 2 rings (SSSR count). The maximum atomic E-state index is 11.8. The first-order valence-corrected chi connectivity index (χ1v) is 5.71. The largest absolute Gasteiger partial charge is 0.386 e. The number of carbonyl (C=O) groups is 1. The van der Waals surface area contributed by atoms with Crippen molar-refractivity contribution in [2.75, 3.05) is 19.8 Å². The van der Waals surface area contributed by atoms with E-state index in [-0.39, 0.29) is 19.1 Å². The highest BCUT2D eigenvalue weighted by atomic mass is 16.5. The van der Waals surface area contributed by atoms with Crippen molar-refractivity contribution < 1.29 is 14.6 Å². The van der Waals surface area contributed by atoms with Crippen LogP contribution < -0.4 is 5.32 Å². The second-order valence-corrected chi connectivity index (χ2v) is 4.40. The summed E-state index contributed by atoms with van der Waals surface area (Å²) in [5.74, 6) is -0.299. The van der Waals surface area contributed by atoms with Crippen LogP contribution in [0.2, 0.25) is 0 Å². The Morgan fingerprint density at radius 3 is 3.11 bits per heavy atom. The number of amides is 1. The fraction of sp³-hybridized carbons (Fsp3) is 0.385. The number of nitriles is 1. The average molecular weight is 246 g/mol. The molecule has 2 N–H and O–H groups in total. The van der Waals surface area contributed by atoms with E-state index in [1.807, 2.05) is 6.07 Å². The molecule has 1 aliphatic heterocycles. The number of aliphatic hydroxyl groups is 1. The van der Waals surface area contributed by atoms with E-state index in [2.05, 4.69) is 5.32 Å². The molecule has 0 bridgehead atoms. The summed E-state index contributed by atoms with van der Waals surface area (Å²) >= 11 is 0. The van der Waals surface area contributed by atoms with Crippen molar-refractivity contribution in [1.82, 2.24) is 5.32 Å². The van der Waals surface area contributed by atoms with Crippen LogP contribution in [0.25, 0.3) is 0 Å². The van der Waals surface area contributed by atoms with Crippen molar-refractivity contribution in [2.24, 2.45) is 0 Å². The molecule has 1 heterocycles. The number of hydrogen-bond donors (Lipinski definition) is 2. The molecule has 0 aliphatic carbocycles. The molecule has 1 fully saturated rings. The van der Waals surface area contributed by atoms with Gasteiger partial charge in [0.1, 0.15) is 5.60 Å². The van der Waals surface area contributed by atoms with E-state index in [4.69, 9.17) is 10.00 Å². The summed E-state index contributed by atoms with van der Waals surface area (Å²) in [5.41, 5.74) is -0.121. The maximum absolute atomic E-state index is 11.8. The highest BCUT2D eigenvalue weighted by Crippen LogP contribution is 2.17. The molecule has 94 valence electrons. The molecule has 1 aliphatic rings. The molecule has 1 amide bonds. The Morgan fingerprint density at radius 1 is 1.61 bits per heavy atom. The lowest BCUT2D eigenvalue weighted by molar-refractivity contribution is 0.0264. The summed E-state index contributed by atoms with van der Waals surface area (Å²) in [4.78, 5) is 11.8. The van der Waals surface area contributed by atoms with E-state index in [0.717, 1.165) is 0 Å². The minimum atomic E-state index is -0.970. The predicted octanol–water partition coefficient (Wildman–Crippen LogP) is 0.439. The van der Waals surface area contributed by atoms with Crippen LogP contribution >= 0.6 is 0 Å². The monoisotopic (exact) mass is 246 g/mol. The fourth-order valence-electron chi connectivity index (χ4n) is 1.81. The van der Waals surface area contributed by atoms with Crippen molar-refractivity contribution in [3.63, 3.8) is 0 Å². The van der Waals surface area contributed by atoms with Gasteiger partial charge in [-0.3, -0.25) is 4.79 Å². The Balaban J connectivity index is 1.97. The topological polar surface area (TPSA) is 82.4 Å². The second-order valence-electron chi connectivity index (χ2n) is 4.40. The van der Waals surface area contributed by atoms with Crippen molar-refractivity contribution in [2.45, 2.75) is 12.0 Å². The van der Waals surface area contributed by atoms with Crippen LogP contribution in [0.5, 0.6) is 0 Å². The Labute approximate surface area is 105 Å². The van der Waals surface area contributed by atoms with Crippen molar-refractivity contribution >= 4 is 5.91 Å². The highest BCUT2D eigenvalue weighted by Gasteiger charge is 2.32. The first kappa shape index (κ1) is 12.6. The van der Waals surface area contributed by atoms with Gasteiger partial charge in [0.2, 0.25) is 0 Å². The van der Waals surface area contributed by atoms with Gasteiger partial charge in [0.25, 0.3) is 5.91 Å². The summed E-state index contributed by atoms with van der Waals surface area (Å²) in [6.07, 6.45) is 0.519. The zero-order chi connectivity index (χ0) is 13.0. The van der Waals surface area contributed by atoms with Gasteiger partial charge < -0.3 is 15.2 Å². The van der Waals surface area contributed by atoms with Gasteiger partial charge in [-0.15, -0.1) is 0 Å². The predicted molar refractivity (Wildman–Crippen MR) is 63.9 cm³/mol. The minimum absolute atomic E-state index is 0.155. The molecule has 5 heteroatoms. The average Bonchev–Trinajstić information content (AvgIpc) is 2.83. The Kier molecular flexibility index (Phi) is 3.60. The summed E-state index contributed by atoms with van der Waals surface area (Å²) in [7, 11) is 0. The van der Waals surface area contributed by atoms with E-state index >= 15 is 0 Å². The summed E-state index contributed by atoms with van der Waals surface area (Å²) in [6, 6.07) is 8.41. The lowest BCUT2D eigenvalue weighted by Crippen LogP contribution is -2.43. The van der Waals surface area contributed by atoms with Crippen LogP contribution in [-0.2, 0) is 4.74 Å². The molecule has 1 atom stereocenters. The molecular weight excluding hydrogens is 232 g/mol. The van der Waals surface area contributed by atoms with Crippen LogP contribution in [0.15, 0.2) is 24.3 Å². The van der Waals surface area contributed by atoms with Crippen LogP contribution in [0.3, 0.4) is 0 Å². The SMILES string of the molecule is N#Cc1cccc(C(=O)NCC2(O)CCOC2)c1. The van der Waals surface area contributed by atoms with Crippen LogP contribution in [0.4, 0.5) is 0 Å². The first-order valence-electron chi connectivity index (χ1n) is 5.71. The van der Waals surface area contributed by atoms with Gasteiger partial charge in [0.15, 0.2) is 0 Å². The zero-order valence-electron chi connectivity index (χ0n) is 9.85. The fourth-order valence-corrected chi connectivity index (χ4v) is 1.81. The first-order chi connectivity index (χ1) is 8.63. The molecule has 0 radical (unpaired) electrons. The quantitative estimate of drug-likeness (QED) is 0.810. The maximum Gasteiger partial charge on any atom is 0.251 e. The van der Waals surface area contributed by atoms with Gasteiger partial charge in [-0.2, -0.15) is 5.26 Å². The molecule has 1 saturated heterocycles. The van der Waals surface area contributed by atoms with Crippen LogP contribution in [0, 0.1) is 11.3 Å². The molecule has 0 saturated carbocycles. The molecule has 0 aromatic heterocycles. The highest BCUT2D eigenvalue weighted by molar-refractivity contribution is 5.94. The Bertz CT molecular complexity index is 487. The van der Waals surface area contributed by atoms with E-state index in [1.54, 1.807) is 18.2 Å². The summed E-state index contributed by atoms with van der Waals surface area (Å²) in [5, 5.41) is 21.4. The molecular formula is C13H14N2O3. The van der Waals surface area contributed by atoms with Crippen molar-refractivity contribution in [1.29, 1.82) is 5.26 Å². The zero-order valence-corrected chi connectivity index (χ0v) is 9.85. The number of carbonyl (C=O) groups excluding carboxylic acids is 1. The van der Waals surface area contributed by atoms with Gasteiger partial charge in [-0.05, 0) is 18.2 Å². The number of hydrogen-bond acceptors (Lipinski definition) is 4. The molecule has 5 nitrogen and oxygen atoms in total. The third kappa shape index (κ3) is 2.86. The van der Waals surface area contributed by atoms with E-state index in [0.29, 0.717) is 24.2 Å². The van der Waals surface area contributed by atoms with Gasteiger partial charge in [0.05, 0.1) is 18.2 Å². The lowest BCUT2D eigenvalue weighted by atomic mass is 10.0. The van der Waals surface area contributed by atoms with Crippen LogP contribution in [0.1, 0.15) is 22.3 Å². The molecule has 18 heavy (non-hydrogen) atoms. The minimum Gasteiger partial charge on any atom is -0.386 e. The van der Waals surface area contributed by atoms with Gasteiger partial charge in [-0.1, -0.05) is 6.07 Å². The lowest BCUT2D eigenvalue weighted by Gasteiger charge is -2.20. The smallest absolute Gasteiger partial charge is 0.251 e. The standard InChI is InChI=1S/C13H14N2O3/c14-7-10-2-1-3-11(6-10)12(16)15-8-13(17)4-5-18-9-13/h1-3,6,17H,4-5,8-9H2,(H,15,16). The number of benzene rings is 1. The van der Waals surface area contributed by atoms with Gasteiger partial charge in [0, 0.05) is 25.1 Å². The normalized spacial score (nSPS) is 22.4. The van der Waals surface area contributed by atoms with Crippen LogP contribution in [-0.4, -0.2) is 36.4 Å². The second kappa shape index (κ2) is 5.17.